The van der Waals surface area contributed by atoms with Crippen LogP contribution in [0.4, 0.5) is 10.1 Å². The molecule has 0 saturated carbocycles. The molecule has 3 nitrogen and oxygen atoms in total. The van der Waals surface area contributed by atoms with Crippen molar-refractivity contribution >= 4 is 27.3 Å². The fourth-order valence-corrected chi connectivity index (χ4v) is 4.39. The van der Waals surface area contributed by atoms with Crippen LogP contribution in [0.2, 0.25) is 5.02 Å². The predicted molar refractivity (Wildman–Crippen MR) is 76.1 cm³/mol. The number of halogens is 2. The number of sulfonamides is 1. The van der Waals surface area contributed by atoms with Crippen molar-refractivity contribution in [2.24, 2.45) is 0 Å². The fourth-order valence-electron chi connectivity index (χ4n) is 2.39. The third-order valence-electron chi connectivity index (χ3n) is 3.31. The van der Waals surface area contributed by atoms with Crippen molar-refractivity contribution in [3.8, 4) is 0 Å². The van der Waals surface area contributed by atoms with Gasteiger partial charge in [0.1, 0.15) is 10.7 Å². The van der Waals surface area contributed by atoms with Gasteiger partial charge in [0.25, 0.3) is 10.0 Å². The van der Waals surface area contributed by atoms with Crippen molar-refractivity contribution in [3.63, 3.8) is 0 Å². The van der Waals surface area contributed by atoms with Gasteiger partial charge in [-0.3, -0.25) is 4.31 Å². The summed E-state index contributed by atoms with van der Waals surface area (Å²) >= 11 is 5.95. The molecule has 0 bridgehead atoms. The second kappa shape index (κ2) is 4.75. The lowest BCUT2D eigenvalue weighted by Crippen LogP contribution is -2.30. The summed E-state index contributed by atoms with van der Waals surface area (Å²) in [6.45, 7) is 0.226. The Morgan fingerprint density at radius 2 is 1.85 bits per heavy atom. The van der Waals surface area contributed by atoms with Crippen LogP contribution in [0.1, 0.15) is 5.56 Å². The van der Waals surface area contributed by atoms with Gasteiger partial charge >= 0.3 is 0 Å². The minimum absolute atomic E-state index is 0.00207. The van der Waals surface area contributed by atoms with Crippen molar-refractivity contribution in [1.29, 1.82) is 0 Å². The van der Waals surface area contributed by atoms with E-state index >= 15 is 0 Å². The Kier molecular flexibility index (Phi) is 3.18. The van der Waals surface area contributed by atoms with Crippen molar-refractivity contribution in [1.82, 2.24) is 0 Å². The summed E-state index contributed by atoms with van der Waals surface area (Å²) in [7, 11) is -3.84. The smallest absolute Gasteiger partial charge is 0.263 e. The van der Waals surface area contributed by atoms with Crippen LogP contribution >= 0.6 is 11.6 Å². The van der Waals surface area contributed by atoms with E-state index in [0.29, 0.717) is 12.0 Å². The normalized spacial score (nSPS) is 14.4. The van der Waals surface area contributed by atoms with E-state index in [1.165, 1.54) is 18.2 Å². The maximum absolute atomic E-state index is 13.9. The molecule has 0 spiro atoms. The number of anilines is 1. The van der Waals surface area contributed by atoms with Crippen LogP contribution in [0.5, 0.6) is 0 Å². The number of hydrogen-bond donors (Lipinski definition) is 0. The molecule has 0 unspecified atom stereocenters. The van der Waals surface area contributed by atoms with Crippen LogP contribution in [-0.4, -0.2) is 15.0 Å². The molecule has 2 aromatic rings. The lowest BCUT2D eigenvalue weighted by Gasteiger charge is -2.20. The number of hydrogen-bond acceptors (Lipinski definition) is 2. The second-order valence-electron chi connectivity index (χ2n) is 4.51. The summed E-state index contributed by atoms with van der Waals surface area (Å²) in [6, 6.07) is 10.8. The topological polar surface area (TPSA) is 37.4 Å². The zero-order chi connectivity index (χ0) is 14.3. The molecular weight excluding hydrogens is 301 g/mol. The Labute approximate surface area is 121 Å². The number of rotatable bonds is 2. The minimum atomic E-state index is -3.84. The van der Waals surface area contributed by atoms with Crippen molar-refractivity contribution < 1.29 is 12.8 Å². The van der Waals surface area contributed by atoms with E-state index in [4.69, 9.17) is 11.6 Å². The van der Waals surface area contributed by atoms with E-state index in [1.807, 2.05) is 0 Å². The highest BCUT2D eigenvalue weighted by atomic mass is 35.5. The summed E-state index contributed by atoms with van der Waals surface area (Å²) in [6.07, 6.45) is 0.497. The Morgan fingerprint density at radius 3 is 2.60 bits per heavy atom. The first-order chi connectivity index (χ1) is 9.51. The molecule has 0 saturated heterocycles. The molecule has 2 aromatic carbocycles. The van der Waals surface area contributed by atoms with E-state index in [0.717, 1.165) is 4.31 Å². The maximum atomic E-state index is 13.9. The first kappa shape index (κ1) is 13.4. The molecule has 0 atom stereocenters. The van der Waals surface area contributed by atoms with Gasteiger partial charge in [0, 0.05) is 6.54 Å². The largest absolute Gasteiger partial charge is 0.265 e. The molecule has 1 aliphatic heterocycles. The zero-order valence-corrected chi connectivity index (χ0v) is 12.0. The van der Waals surface area contributed by atoms with Gasteiger partial charge in [0.05, 0.1) is 10.7 Å². The third kappa shape index (κ3) is 1.98. The molecule has 0 N–H and O–H groups in total. The highest BCUT2D eigenvalue weighted by molar-refractivity contribution is 7.93. The van der Waals surface area contributed by atoms with Crippen LogP contribution in [0.15, 0.2) is 47.4 Å². The van der Waals surface area contributed by atoms with Crippen molar-refractivity contribution in [2.45, 2.75) is 11.3 Å². The summed E-state index contributed by atoms with van der Waals surface area (Å²) in [4.78, 5) is -0.00207. The van der Waals surface area contributed by atoms with Gasteiger partial charge in [-0.25, -0.2) is 12.8 Å². The Balaban J connectivity index is 2.15. The number of para-hydroxylation sites is 1. The molecule has 0 amide bonds. The van der Waals surface area contributed by atoms with Gasteiger partial charge in [-0.15, -0.1) is 0 Å². The summed E-state index contributed by atoms with van der Waals surface area (Å²) in [5.74, 6) is -0.532. The first-order valence-electron chi connectivity index (χ1n) is 6.06. The molecule has 0 fully saturated rings. The third-order valence-corrected chi connectivity index (χ3v) is 5.61. The lowest BCUT2D eigenvalue weighted by molar-refractivity contribution is 0.588. The number of nitrogens with zero attached hydrogens (tertiary/aromatic N) is 1. The summed E-state index contributed by atoms with van der Waals surface area (Å²) < 4.78 is 40.3. The van der Waals surface area contributed by atoms with Gasteiger partial charge in [0.2, 0.25) is 0 Å². The van der Waals surface area contributed by atoms with E-state index in [-0.39, 0.29) is 22.2 Å². The SMILES string of the molecule is O=S(=O)(c1ccccc1Cl)N1CCc2cccc(F)c21. The van der Waals surface area contributed by atoms with Crippen LogP contribution in [0, 0.1) is 5.82 Å². The molecule has 20 heavy (non-hydrogen) atoms. The number of benzene rings is 2. The zero-order valence-electron chi connectivity index (χ0n) is 10.4. The fraction of sp³-hybridized carbons (Fsp3) is 0.143. The van der Waals surface area contributed by atoms with Crippen LogP contribution in [0.25, 0.3) is 0 Å². The van der Waals surface area contributed by atoms with Gasteiger partial charge in [-0.05, 0) is 30.2 Å². The number of fused-ring (bicyclic) bond motifs is 1. The minimum Gasteiger partial charge on any atom is -0.263 e. The molecule has 104 valence electrons. The monoisotopic (exact) mass is 311 g/mol. The van der Waals surface area contributed by atoms with Gasteiger partial charge in [-0.2, -0.15) is 0 Å². The quantitative estimate of drug-likeness (QED) is 0.854. The van der Waals surface area contributed by atoms with Crippen molar-refractivity contribution in [2.75, 3.05) is 10.8 Å². The standard InChI is InChI=1S/C14H11ClFNO2S/c15-11-5-1-2-7-13(11)20(18,19)17-9-8-10-4-3-6-12(16)14(10)17/h1-7H,8-9H2. The molecule has 0 radical (unpaired) electrons. The molecule has 3 rings (SSSR count). The van der Waals surface area contributed by atoms with E-state index < -0.39 is 15.8 Å². The van der Waals surface area contributed by atoms with E-state index in [1.54, 1.807) is 24.3 Å². The van der Waals surface area contributed by atoms with Gasteiger partial charge < -0.3 is 0 Å². The Bertz CT molecular complexity index is 776. The van der Waals surface area contributed by atoms with E-state index in [2.05, 4.69) is 0 Å². The summed E-state index contributed by atoms with van der Waals surface area (Å²) in [5.41, 5.74) is 0.827. The van der Waals surface area contributed by atoms with Crippen LogP contribution in [0.3, 0.4) is 0 Å². The summed E-state index contributed by atoms with van der Waals surface area (Å²) in [5, 5.41) is 0.136. The maximum Gasteiger partial charge on any atom is 0.265 e. The second-order valence-corrected chi connectivity index (χ2v) is 6.74. The van der Waals surface area contributed by atoms with Gasteiger partial charge in [-0.1, -0.05) is 35.9 Å². The molecule has 0 aromatic heterocycles. The Hall–Kier alpha value is -1.59. The lowest BCUT2D eigenvalue weighted by atomic mass is 10.2. The highest BCUT2D eigenvalue weighted by Crippen LogP contribution is 2.36. The molecule has 6 heteroatoms. The Morgan fingerprint density at radius 1 is 1.10 bits per heavy atom. The molecule has 1 heterocycles. The average molecular weight is 312 g/mol. The average Bonchev–Trinajstić information content (AvgIpc) is 2.85. The van der Waals surface area contributed by atoms with Crippen LogP contribution < -0.4 is 4.31 Å². The first-order valence-corrected chi connectivity index (χ1v) is 7.88. The molecule has 0 aliphatic carbocycles. The van der Waals surface area contributed by atoms with Crippen LogP contribution in [-0.2, 0) is 16.4 Å². The highest BCUT2D eigenvalue weighted by Gasteiger charge is 2.34. The van der Waals surface area contributed by atoms with Gasteiger partial charge in [0.15, 0.2) is 0 Å². The predicted octanol–water partition coefficient (Wildman–Crippen LogP) is 3.23. The van der Waals surface area contributed by atoms with Crippen molar-refractivity contribution in [3.05, 3.63) is 58.9 Å². The molecular formula is C14H11ClFNO2S. The molecule has 1 aliphatic rings. The van der Waals surface area contributed by atoms with E-state index in [9.17, 15) is 12.8 Å².